The van der Waals surface area contributed by atoms with Crippen molar-refractivity contribution in [3.63, 3.8) is 0 Å². The van der Waals surface area contributed by atoms with Crippen molar-refractivity contribution in [3.8, 4) is 11.3 Å². The lowest BCUT2D eigenvalue weighted by Gasteiger charge is -2.36. The number of rotatable bonds is 4. The smallest absolute Gasteiger partial charge is 0.257 e. The summed E-state index contributed by atoms with van der Waals surface area (Å²) in [5.74, 6) is 0.592. The van der Waals surface area contributed by atoms with Crippen molar-refractivity contribution < 1.29 is 14.3 Å². The zero-order valence-electron chi connectivity index (χ0n) is 18.2. The van der Waals surface area contributed by atoms with Gasteiger partial charge in [-0.1, -0.05) is 0 Å². The van der Waals surface area contributed by atoms with Crippen LogP contribution in [0.25, 0.3) is 11.3 Å². The number of anilines is 1. The van der Waals surface area contributed by atoms with Gasteiger partial charge < -0.3 is 19.4 Å². The van der Waals surface area contributed by atoms with Crippen LogP contribution in [0.2, 0.25) is 0 Å². The summed E-state index contributed by atoms with van der Waals surface area (Å²) in [5.41, 5.74) is 1.88. The minimum Gasteiger partial charge on any atom is -0.368 e. The molecule has 0 bridgehead atoms. The highest BCUT2D eigenvalue weighted by molar-refractivity contribution is 6.00. The lowest BCUT2D eigenvalue weighted by Crippen LogP contribution is -2.52. The molecule has 5 heterocycles. The Bertz CT molecular complexity index is 965. The maximum atomic E-state index is 13.4. The van der Waals surface area contributed by atoms with Gasteiger partial charge in [0.25, 0.3) is 11.8 Å². The Labute approximate surface area is 187 Å². The van der Waals surface area contributed by atoms with Crippen LogP contribution in [0.4, 0.5) is 5.95 Å². The number of pyridine rings is 1. The van der Waals surface area contributed by atoms with Crippen LogP contribution in [0.1, 0.15) is 36.0 Å². The molecular weight excluding hydrogens is 408 g/mol. The predicted octanol–water partition coefficient (Wildman–Crippen LogP) is 1.60. The number of ether oxygens (including phenoxy) is 1. The quantitative estimate of drug-likeness (QED) is 0.719. The molecule has 9 heteroatoms. The minimum absolute atomic E-state index is 0.0453. The Morgan fingerprint density at radius 3 is 2.44 bits per heavy atom. The summed E-state index contributed by atoms with van der Waals surface area (Å²) in [4.78, 5) is 45.3. The molecule has 5 rings (SSSR count). The normalized spacial score (nSPS) is 21.2. The fourth-order valence-electron chi connectivity index (χ4n) is 4.60. The third-order valence-electron chi connectivity index (χ3n) is 6.41. The van der Waals surface area contributed by atoms with Crippen LogP contribution in [-0.4, -0.2) is 88.5 Å². The molecule has 0 spiro atoms. The lowest BCUT2D eigenvalue weighted by molar-refractivity contribution is -0.142. The van der Waals surface area contributed by atoms with Gasteiger partial charge >= 0.3 is 0 Å². The standard InChI is InChI=1S/C23H28N6O3/c30-21(27-10-12-28(13-11-27)22(31)19-6-4-14-32-19)18-16-25-23(29-8-1-2-9-29)26-20(18)17-5-3-7-24-15-17/h3,5,7,15-16,19H,1-2,4,6,8-14H2. The van der Waals surface area contributed by atoms with E-state index in [1.165, 1.54) is 0 Å². The van der Waals surface area contributed by atoms with E-state index in [1.54, 1.807) is 23.5 Å². The van der Waals surface area contributed by atoms with Gasteiger partial charge in [-0.15, -0.1) is 0 Å². The fourth-order valence-corrected chi connectivity index (χ4v) is 4.60. The second kappa shape index (κ2) is 9.20. The molecular formula is C23H28N6O3. The van der Waals surface area contributed by atoms with Crippen molar-refractivity contribution in [3.05, 3.63) is 36.3 Å². The molecule has 0 aromatic carbocycles. The Morgan fingerprint density at radius 1 is 0.969 bits per heavy atom. The van der Waals surface area contributed by atoms with E-state index in [1.807, 2.05) is 17.0 Å². The molecule has 0 N–H and O–H groups in total. The van der Waals surface area contributed by atoms with Gasteiger partial charge in [-0.25, -0.2) is 9.97 Å². The highest BCUT2D eigenvalue weighted by Gasteiger charge is 2.32. The Hall–Kier alpha value is -3.07. The van der Waals surface area contributed by atoms with E-state index in [0.29, 0.717) is 50.0 Å². The van der Waals surface area contributed by atoms with E-state index in [2.05, 4.69) is 14.9 Å². The highest BCUT2D eigenvalue weighted by Crippen LogP contribution is 2.26. The number of piperazine rings is 1. The molecule has 0 radical (unpaired) electrons. The highest BCUT2D eigenvalue weighted by atomic mass is 16.5. The van der Waals surface area contributed by atoms with Crippen LogP contribution in [0.5, 0.6) is 0 Å². The first-order chi connectivity index (χ1) is 15.7. The molecule has 9 nitrogen and oxygen atoms in total. The van der Waals surface area contributed by atoms with E-state index in [9.17, 15) is 9.59 Å². The molecule has 0 saturated carbocycles. The maximum Gasteiger partial charge on any atom is 0.257 e. The van der Waals surface area contributed by atoms with Crippen molar-refractivity contribution in [1.82, 2.24) is 24.8 Å². The average Bonchev–Trinajstić information content (AvgIpc) is 3.58. The van der Waals surface area contributed by atoms with E-state index >= 15 is 0 Å². The molecule has 0 aliphatic carbocycles. The number of hydrogen-bond acceptors (Lipinski definition) is 7. The van der Waals surface area contributed by atoms with Crippen molar-refractivity contribution in [2.75, 3.05) is 50.8 Å². The summed E-state index contributed by atoms with van der Waals surface area (Å²) in [6, 6.07) is 3.76. The van der Waals surface area contributed by atoms with Gasteiger partial charge in [-0.3, -0.25) is 14.6 Å². The van der Waals surface area contributed by atoms with Crippen LogP contribution in [0.3, 0.4) is 0 Å². The number of hydrogen-bond donors (Lipinski definition) is 0. The monoisotopic (exact) mass is 436 g/mol. The summed E-state index contributed by atoms with van der Waals surface area (Å²) in [6.45, 7) is 4.51. The summed E-state index contributed by atoms with van der Waals surface area (Å²) in [6.07, 6.45) is 8.73. The first-order valence-electron chi connectivity index (χ1n) is 11.4. The number of amides is 2. The van der Waals surface area contributed by atoms with E-state index in [4.69, 9.17) is 9.72 Å². The fraction of sp³-hybridized carbons (Fsp3) is 0.522. The van der Waals surface area contributed by atoms with Crippen molar-refractivity contribution >= 4 is 17.8 Å². The topological polar surface area (TPSA) is 91.8 Å². The van der Waals surface area contributed by atoms with Crippen LogP contribution in [0.15, 0.2) is 30.7 Å². The summed E-state index contributed by atoms with van der Waals surface area (Å²) in [5, 5.41) is 0. The zero-order chi connectivity index (χ0) is 21.9. The Morgan fingerprint density at radius 2 is 1.75 bits per heavy atom. The van der Waals surface area contributed by atoms with Crippen LogP contribution in [-0.2, 0) is 9.53 Å². The van der Waals surface area contributed by atoms with E-state index in [0.717, 1.165) is 44.3 Å². The first-order valence-corrected chi connectivity index (χ1v) is 11.4. The second-order valence-electron chi connectivity index (χ2n) is 8.49. The molecule has 1 unspecified atom stereocenters. The van der Waals surface area contributed by atoms with Crippen LogP contribution < -0.4 is 4.90 Å². The van der Waals surface area contributed by atoms with Gasteiger partial charge in [0.05, 0.1) is 11.3 Å². The molecule has 3 fully saturated rings. The van der Waals surface area contributed by atoms with Gasteiger partial charge in [-0.2, -0.15) is 0 Å². The average molecular weight is 437 g/mol. The second-order valence-corrected chi connectivity index (χ2v) is 8.49. The number of carbonyl (C=O) groups excluding carboxylic acids is 2. The summed E-state index contributed by atoms with van der Waals surface area (Å²) in [7, 11) is 0. The molecule has 3 aliphatic heterocycles. The number of aromatic nitrogens is 3. The molecule has 32 heavy (non-hydrogen) atoms. The third kappa shape index (κ3) is 4.17. The molecule has 2 amide bonds. The Kier molecular flexibility index (Phi) is 5.98. The molecule has 3 saturated heterocycles. The first kappa shape index (κ1) is 20.8. The molecule has 168 valence electrons. The molecule has 1 atom stereocenters. The van der Waals surface area contributed by atoms with E-state index in [-0.39, 0.29) is 17.9 Å². The van der Waals surface area contributed by atoms with Crippen molar-refractivity contribution in [2.24, 2.45) is 0 Å². The van der Waals surface area contributed by atoms with Gasteiger partial charge in [0.2, 0.25) is 5.95 Å². The molecule has 2 aromatic rings. The van der Waals surface area contributed by atoms with Crippen LogP contribution in [0, 0.1) is 0 Å². The van der Waals surface area contributed by atoms with Gasteiger partial charge in [0, 0.05) is 70.0 Å². The van der Waals surface area contributed by atoms with Gasteiger partial charge in [0.1, 0.15) is 6.10 Å². The molecule has 2 aromatic heterocycles. The van der Waals surface area contributed by atoms with Gasteiger partial charge in [0.15, 0.2) is 0 Å². The number of nitrogens with zero attached hydrogens (tertiary/aromatic N) is 6. The predicted molar refractivity (Wildman–Crippen MR) is 118 cm³/mol. The van der Waals surface area contributed by atoms with Gasteiger partial charge in [-0.05, 0) is 37.8 Å². The van der Waals surface area contributed by atoms with Crippen molar-refractivity contribution in [1.29, 1.82) is 0 Å². The van der Waals surface area contributed by atoms with Crippen molar-refractivity contribution in [2.45, 2.75) is 31.8 Å². The maximum absolute atomic E-state index is 13.4. The third-order valence-corrected chi connectivity index (χ3v) is 6.41. The molecule has 3 aliphatic rings. The summed E-state index contributed by atoms with van der Waals surface area (Å²) < 4.78 is 5.53. The van der Waals surface area contributed by atoms with E-state index < -0.39 is 0 Å². The minimum atomic E-state index is -0.319. The Balaban J connectivity index is 1.34. The summed E-state index contributed by atoms with van der Waals surface area (Å²) >= 11 is 0. The largest absolute Gasteiger partial charge is 0.368 e. The lowest BCUT2D eigenvalue weighted by atomic mass is 10.1. The number of carbonyl (C=O) groups is 2. The SMILES string of the molecule is O=C(c1cnc(N2CCCC2)nc1-c1cccnc1)N1CCN(C(=O)C2CCCO2)CC1. The van der Waals surface area contributed by atoms with Crippen LogP contribution >= 0.6 is 0 Å². The zero-order valence-corrected chi connectivity index (χ0v) is 18.2.